The first-order valence-electron chi connectivity index (χ1n) is 5.86. The molecular formula is C14H18O4. The van der Waals surface area contributed by atoms with E-state index in [0.29, 0.717) is 11.3 Å². The minimum Gasteiger partial charge on any atom is -0.481 e. The summed E-state index contributed by atoms with van der Waals surface area (Å²) in [5.74, 6) is -0.306. The van der Waals surface area contributed by atoms with Crippen LogP contribution in [0.2, 0.25) is 0 Å². The predicted molar refractivity (Wildman–Crippen MR) is 68.6 cm³/mol. The third kappa shape index (κ3) is 4.49. The monoisotopic (exact) mass is 250 g/mol. The van der Waals surface area contributed by atoms with Crippen molar-refractivity contribution in [2.45, 2.75) is 26.7 Å². The van der Waals surface area contributed by atoms with Gasteiger partial charge in [-0.2, -0.15) is 0 Å². The lowest BCUT2D eigenvalue weighted by Gasteiger charge is -2.11. The summed E-state index contributed by atoms with van der Waals surface area (Å²) < 4.78 is 10.5. The van der Waals surface area contributed by atoms with Crippen molar-refractivity contribution in [3.05, 3.63) is 41.7 Å². The Bertz CT molecular complexity index is 424. The van der Waals surface area contributed by atoms with Crippen LogP contribution in [-0.2, 0) is 22.4 Å². The van der Waals surface area contributed by atoms with E-state index in [-0.39, 0.29) is 13.2 Å². The molecular weight excluding hydrogens is 232 g/mol. The number of carbonyl (C=O) groups is 1. The molecule has 0 aliphatic heterocycles. The molecule has 0 unspecified atom stereocenters. The lowest BCUT2D eigenvalue weighted by molar-refractivity contribution is -0.136. The number of hydrogen-bond donors (Lipinski definition) is 1. The molecule has 0 atom stereocenters. The number of carboxylic acid groups (broad SMARTS) is 1. The van der Waals surface area contributed by atoms with E-state index >= 15 is 0 Å². The van der Waals surface area contributed by atoms with Crippen molar-refractivity contribution in [2.75, 3.05) is 6.79 Å². The minimum absolute atomic E-state index is 0.0526. The van der Waals surface area contributed by atoms with E-state index in [1.54, 1.807) is 12.1 Å². The Morgan fingerprint density at radius 2 is 2.22 bits per heavy atom. The standard InChI is InChI=1S/C14H18O4/c1-3-7-17-10-18-13-8-11(4-2)5-6-12(13)9-14(15)16/h3,5-8H,4,9-10H2,1-2H3,(H,15,16)/b7-3-. The van der Waals surface area contributed by atoms with Gasteiger partial charge >= 0.3 is 5.97 Å². The van der Waals surface area contributed by atoms with Gasteiger partial charge in [-0.05, 0) is 25.0 Å². The maximum Gasteiger partial charge on any atom is 0.307 e. The van der Waals surface area contributed by atoms with E-state index < -0.39 is 5.97 Å². The summed E-state index contributed by atoms with van der Waals surface area (Å²) >= 11 is 0. The van der Waals surface area contributed by atoms with Gasteiger partial charge in [0, 0.05) is 5.56 Å². The average Bonchev–Trinajstić information content (AvgIpc) is 2.35. The van der Waals surface area contributed by atoms with Gasteiger partial charge in [-0.25, -0.2) is 0 Å². The first-order chi connectivity index (χ1) is 8.67. The van der Waals surface area contributed by atoms with E-state index in [1.165, 1.54) is 6.26 Å². The largest absolute Gasteiger partial charge is 0.481 e. The van der Waals surface area contributed by atoms with E-state index in [2.05, 4.69) is 0 Å². The Balaban J connectivity index is 2.78. The van der Waals surface area contributed by atoms with Crippen LogP contribution >= 0.6 is 0 Å². The van der Waals surface area contributed by atoms with Crippen molar-refractivity contribution in [3.63, 3.8) is 0 Å². The van der Waals surface area contributed by atoms with Crippen molar-refractivity contribution in [2.24, 2.45) is 0 Å². The Labute approximate surface area is 107 Å². The van der Waals surface area contributed by atoms with Gasteiger partial charge in [-0.1, -0.05) is 25.1 Å². The summed E-state index contributed by atoms with van der Waals surface area (Å²) in [6.45, 7) is 3.95. The minimum atomic E-state index is -0.876. The number of hydrogen-bond acceptors (Lipinski definition) is 3. The van der Waals surface area contributed by atoms with Gasteiger partial charge < -0.3 is 14.6 Å². The van der Waals surface area contributed by atoms with Crippen molar-refractivity contribution in [1.29, 1.82) is 0 Å². The third-order valence-corrected chi connectivity index (χ3v) is 2.40. The van der Waals surface area contributed by atoms with Crippen LogP contribution < -0.4 is 4.74 Å². The Morgan fingerprint density at radius 3 is 2.83 bits per heavy atom. The van der Waals surface area contributed by atoms with Crippen LogP contribution in [0.15, 0.2) is 30.5 Å². The molecule has 4 nitrogen and oxygen atoms in total. The van der Waals surface area contributed by atoms with Gasteiger partial charge in [0.05, 0.1) is 12.7 Å². The number of carboxylic acids is 1. The molecule has 0 heterocycles. The van der Waals surface area contributed by atoms with E-state index in [4.69, 9.17) is 14.6 Å². The lowest BCUT2D eigenvalue weighted by atomic mass is 10.1. The van der Waals surface area contributed by atoms with Crippen molar-refractivity contribution in [1.82, 2.24) is 0 Å². The molecule has 0 aromatic heterocycles. The zero-order valence-corrected chi connectivity index (χ0v) is 10.7. The fourth-order valence-electron chi connectivity index (χ4n) is 1.50. The molecule has 98 valence electrons. The van der Waals surface area contributed by atoms with Gasteiger partial charge in [0.25, 0.3) is 0 Å². The molecule has 0 fully saturated rings. The highest BCUT2D eigenvalue weighted by atomic mass is 16.7. The van der Waals surface area contributed by atoms with Gasteiger partial charge in [0.1, 0.15) is 5.75 Å². The van der Waals surface area contributed by atoms with Gasteiger partial charge in [-0.3, -0.25) is 4.79 Å². The van der Waals surface area contributed by atoms with E-state index in [0.717, 1.165) is 12.0 Å². The molecule has 0 radical (unpaired) electrons. The smallest absolute Gasteiger partial charge is 0.307 e. The van der Waals surface area contributed by atoms with E-state index in [9.17, 15) is 4.79 Å². The van der Waals surface area contributed by atoms with Crippen molar-refractivity contribution < 1.29 is 19.4 Å². The molecule has 4 heteroatoms. The summed E-state index contributed by atoms with van der Waals surface area (Å²) in [5, 5.41) is 8.83. The summed E-state index contributed by atoms with van der Waals surface area (Å²) in [6, 6.07) is 5.56. The predicted octanol–water partition coefficient (Wildman–Crippen LogP) is 2.76. The maximum atomic E-state index is 10.8. The second-order valence-electron chi connectivity index (χ2n) is 3.76. The molecule has 0 amide bonds. The van der Waals surface area contributed by atoms with Crippen LogP contribution in [0.1, 0.15) is 25.0 Å². The molecule has 1 N–H and O–H groups in total. The van der Waals surface area contributed by atoms with Crippen molar-refractivity contribution >= 4 is 5.97 Å². The van der Waals surface area contributed by atoms with Crippen LogP contribution in [0.3, 0.4) is 0 Å². The molecule has 0 bridgehead atoms. The molecule has 1 aromatic rings. The van der Waals surface area contributed by atoms with Crippen LogP contribution in [0.25, 0.3) is 0 Å². The highest BCUT2D eigenvalue weighted by Crippen LogP contribution is 2.21. The Kier molecular flexibility index (Phi) is 5.77. The third-order valence-electron chi connectivity index (χ3n) is 2.40. The fourth-order valence-corrected chi connectivity index (χ4v) is 1.50. The molecule has 0 aliphatic rings. The molecule has 0 aliphatic carbocycles. The Morgan fingerprint density at radius 1 is 1.44 bits per heavy atom. The zero-order chi connectivity index (χ0) is 13.4. The van der Waals surface area contributed by atoms with E-state index in [1.807, 2.05) is 26.0 Å². The van der Waals surface area contributed by atoms with Gasteiger partial charge in [-0.15, -0.1) is 0 Å². The average molecular weight is 250 g/mol. The molecule has 0 saturated heterocycles. The second kappa shape index (κ2) is 7.37. The number of ether oxygens (including phenoxy) is 2. The van der Waals surface area contributed by atoms with Crippen LogP contribution in [0, 0.1) is 0 Å². The number of allylic oxidation sites excluding steroid dienone is 1. The topological polar surface area (TPSA) is 55.8 Å². The van der Waals surface area contributed by atoms with Crippen molar-refractivity contribution in [3.8, 4) is 5.75 Å². The first kappa shape index (κ1) is 14.1. The highest BCUT2D eigenvalue weighted by Gasteiger charge is 2.08. The fraction of sp³-hybridized carbons (Fsp3) is 0.357. The normalized spacial score (nSPS) is 10.6. The second-order valence-corrected chi connectivity index (χ2v) is 3.76. The number of aryl methyl sites for hydroxylation is 1. The number of benzene rings is 1. The van der Waals surface area contributed by atoms with Gasteiger partial charge in [0.2, 0.25) is 6.79 Å². The number of aliphatic carboxylic acids is 1. The molecule has 1 rings (SSSR count). The summed E-state index contributed by atoms with van der Waals surface area (Å²) in [6.07, 6.45) is 4.10. The van der Waals surface area contributed by atoms with Crippen LogP contribution in [0.5, 0.6) is 5.75 Å². The maximum absolute atomic E-state index is 10.8. The number of rotatable bonds is 7. The highest BCUT2D eigenvalue weighted by molar-refractivity contribution is 5.71. The zero-order valence-electron chi connectivity index (χ0n) is 10.7. The summed E-state index contributed by atoms with van der Waals surface area (Å²) in [4.78, 5) is 10.8. The Hall–Kier alpha value is -1.97. The summed E-state index contributed by atoms with van der Waals surface area (Å²) in [5.41, 5.74) is 1.76. The summed E-state index contributed by atoms with van der Waals surface area (Å²) in [7, 11) is 0. The molecule has 1 aromatic carbocycles. The molecule has 0 saturated carbocycles. The SMILES string of the molecule is C/C=C\OCOc1cc(CC)ccc1CC(=O)O. The first-order valence-corrected chi connectivity index (χ1v) is 5.86. The quantitative estimate of drug-likeness (QED) is 0.459. The lowest BCUT2D eigenvalue weighted by Crippen LogP contribution is -2.06. The van der Waals surface area contributed by atoms with Gasteiger partial charge in [0.15, 0.2) is 0 Å². The van der Waals surface area contributed by atoms with Crippen LogP contribution in [-0.4, -0.2) is 17.9 Å². The molecule has 0 spiro atoms. The molecule has 18 heavy (non-hydrogen) atoms. The van der Waals surface area contributed by atoms with Crippen LogP contribution in [0.4, 0.5) is 0 Å².